The second kappa shape index (κ2) is 8.55. The molecule has 0 heterocycles. The molecule has 5 heteroatoms. The Morgan fingerprint density at radius 2 is 1.54 bits per heavy atom. The monoisotopic (exact) mass is 342 g/mol. The molecule has 0 aliphatic carbocycles. The number of para-hydroxylation sites is 1. The summed E-state index contributed by atoms with van der Waals surface area (Å²) in [5.74, 6) is -0.321. The first-order valence-corrected chi connectivity index (χ1v) is 8.78. The molecule has 0 aliphatic heterocycles. The predicted octanol–water partition coefficient (Wildman–Crippen LogP) is 3.94. The van der Waals surface area contributed by atoms with Crippen LogP contribution in [-0.2, 0) is 4.79 Å². The van der Waals surface area contributed by atoms with Gasteiger partial charge < -0.3 is 10.6 Å². The van der Waals surface area contributed by atoms with Crippen molar-refractivity contribution < 1.29 is 9.59 Å². The first kappa shape index (κ1) is 18.1. The van der Waals surface area contributed by atoms with E-state index in [1.54, 1.807) is 24.3 Å². The molecular weight excluding hydrogens is 320 g/mol. The van der Waals surface area contributed by atoms with Crippen LogP contribution in [0.2, 0.25) is 0 Å². The highest BCUT2D eigenvalue weighted by atomic mass is 32.2. The van der Waals surface area contributed by atoms with Crippen LogP contribution in [-0.4, -0.2) is 23.1 Å². The molecule has 0 fully saturated rings. The average Bonchev–Trinajstić information content (AvgIpc) is 2.55. The van der Waals surface area contributed by atoms with Crippen molar-refractivity contribution in [3.63, 3.8) is 0 Å². The average molecular weight is 342 g/mol. The van der Waals surface area contributed by atoms with Gasteiger partial charge in [-0.25, -0.2) is 0 Å². The van der Waals surface area contributed by atoms with Gasteiger partial charge in [0.05, 0.1) is 16.5 Å². The van der Waals surface area contributed by atoms with Crippen LogP contribution < -0.4 is 10.6 Å². The quantitative estimate of drug-likeness (QED) is 0.782. The number of amides is 2. The smallest absolute Gasteiger partial charge is 0.253 e. The van der Waals surface area contributed by atoms with E-state index in [-0.39, 0.29) is 23.1 Å². The number of anilines is 1. The van der Waals surface area contributed by atoms with Crippen LogP contribution in [0.5, 0.6) is 0 Å². The number of thioether (sulfide) groups is 1. The van der Waals surface area contributed by atoms with Crippen molar-refractivity contribution in [2.75, 3.05) is 5.32 Å². The van der Waals surface area contributed by atoms with E-state index < -0.39 is 0 Å². The number of nitrogens with one attached hydrogen (secondary N) is 2. The third-order valence-corrected chi connectivity index (χ3v) is 4.39. The van der Waals surface area contributed by atoms with Crippen LogP contribution in [0.3, 0.4) is 0 Å². The highest BCUT2D eigenvalue weighted by Crippen LogP contribution is 2.24. The number of benzene rings is 2. The number of hydrogen-bond donors (Lipinski definition) is 2. The minimum Gasteiger partial charge on any atom is -0.350 e. The third kappa shape index (κ3) is 5.13. The molecule has 0 saturated heterocycles. The Kier molecular flexibility index (Phi) is 6.44. The molecule has 0 spiro atoms. The highest BCUT2D eigenvalue weighted by molar-refractivity contribution is 8.00. The van der Waals surface area contributed by atoms with Gasteiger partial charge in [0.15, 0.2) is 0 Å². The van der Waals surface area contributed by atoms with E-state index in [4.69, 9.17) is 0 Å². The third-order valence-electron chi connectivity index (χ3n) is 3.27. The Morgan fingerprint density at radius 3 is 2.21 bits per heavy atom. The molecule has 0 radical (unpaired) electrons. The topological polar surface area (TPSA) is 58.2 Å². The highest BCUT2D eigenvalue weighted by Gasteiger charge is 2.18. The first-order chi connectivity index (χ1) is 11.5. The minimum absolute atomic E-state index is 0.0359. The van der Waals surface area contributed by atoms with Crippen LogP contribution in [0.25, 0.3) is 0 Å². The van der Waals surface area contributed by atoms with Gasteiger partial charge in [0.2, 0.25) is 5.91 Å². The van der Waals surface area contributed by atoms with Gasteiger partial charge in [0.1, 0.15) is 0 Å². The first-order valence-electron chi connectivity index (χ1n) is 7.90. The number of carbonyl (C=O) groups excluding carboxylic acids is 2. The largest absolute Gasteiger partial charge is 0.350 e. The van der Waals surface area contributed by atoms with Gasteiger partial charge in [-0.2, -0.15) is 0 Å². The maximum Gasteiger partial charge on any atom is 0.253 e. The van der Waals surface area contributed by atoms with Gasteiger partial charge in [-0.15, -0.1) is 11.8 Å². The SMILES string of the molecule is CC(C)NC(=O)c1ccccc1NC(=O)[C@H](C)Sc1ccccc1. The summed E-state index contributed by atoms with van der Waals surface area (Å²) in [4.78, 5) is 25.7. The molecule has 2 N–H and O–H groups in total. The second-order valence-corrected chi connectivity index (χ2v) is 7.15. The van der Waals surface area contributed by atoms with Gasteiger partial charge in [0.25, 0.3) is 5.91 Å². The molecule has 2 rings (SSSR count). The Balaban J connectivity index is 2.07. The fourth-order valence-corrected chi connectivity index (χ4v) is 3.01. The van der Waals surface area contributed by atoms with E-state index in [9.17, 15) is 9.59 Å². The van der Waals surface area contributed by atoms with Crippen LogP contribution >= 0.6 is 11.8 Å². The Hall–Kier alpha value is -2.27. The summed E-state index contributed by atoms with van der Waals surface area (Å²) in [6.07, 6.45) is 0. The summed E-state index contributed by atoms with van der Waals surface area (Å²) >= 11 is 1.48. The minimum atomic E-state index is -0.270. The number of hydrogen-bond acceptors (Lipinski definition) is 3. The van der Waals surface area contributed by atoms with Crippen molar-refractivity contribution in [3.05, 3.63) is 60.2 Å². The second-order valence-electron chi connectivity index (χ2n) is 5.74. The van der Waals surface area contributed by atoms with Crippen molar-refractivity contribution in [3.8, 4) is 0 Å². The maximum absolute atomic E-state index is 12.5. The number of rotatable bonds is 6. The molecule has 0 unspecified atom stereocenters. The Morgan fingerprint density at radius 1 is 0.917 bits per heavy atom. The molecule has 24 heavy (non-hydrogen) atoms. The molecule has 2 aromatic carbocycles. The molecule has 0 aliphatic rings. The lowest BCUT2D eigenvalue weighted by Crippen LogP contribution is -2.31. The summed E-state index contributed by atoms with van der Waals surface area (Å²) in [6, 6.07) is 16.8. The molecule has 4 nitrogen and oxygen atoms in total. The fourth-order valence-electron chi connectivity index (χ4n) is 2.12. The molecule has 2 aromatic rings. The predicted molar refractivity (Wildman–Crippen MR) is 99.4 cm³/mol. The van der Waals surface area contributed by atoms with E-state index in [1.807, 2.05) is 51.1 Å². The number of carbonyl (C=O) groups is 2. The van der Waals surface area contributed by atoms with E-state index >= 15 is 0 Å². The zero-order valence-electron chi connectivity index (χ0n) is 14.1. The van der Waals surface area contributed by atoms with E-state index in [0.29, 0.717) is 11.3 Å². The van der Waals surface area contributed by atoms with Gasteiger partial charge in [-0.05, 0) is 45.0 Å². The standard InChI is InChI=1S/C19H22N2O2S/c1-13(2)20-19(23)16-11-7-8-12-17(16)21-18(22)14(3)24-15-9-5-4-6-10-15/h4-14H,1-3H3,(H,20,23)(H,21,22)/t14-/m0/s1. The lowest BCUT2D eigenvalue weighted by molar-refractivity contribution is -0.115. The van der Waals surface area contributed by atoms with E-state index in [0.717, 1.165) is 4.90 Å². The summed E-state index contributed by atoms with van der Waals surface area (Å²) < 4.78 is 0. The van der Waals surface area contributed by atoms with Crippen LogP contribution in [0, 0.1) is 0 Å². The summed E-state index contributed by atoms with van der Waals surface area (Å²) in [5.41, 5.74) is 0.998. The summed E-state index contributed by atoms with van der Waals surface area (Å²) in [6.45, 7) is 5.65. The molecule has 1 atom stereocenters. The summed E-state index contributed by atoms with van der Waals surface area (Å²) in [7, 11) is 0. The molecule has 0 saturated carbocycles. The lowest BCUT2D eigenvalue weighted by Gasteiger charge is -2.15. The van der Waals surface area contributed by atoms with Gasteiger partial charge in [-0.1, -0.05) is 30.3 Å². The van der Waals surface area contributed by atoms with Gasteiger partial charge >= 0.3 is 0 Å². The normalized spacial score (nSPS) is 11.8. The van der Waals surface area contributed by atoms with Crippen molar-refractivity contribution in [1.82, 2.24) is 5.32 Å². The Labute approximate surface area is 147 Å². The molecule has 0 bridgehead atoms. The van der Waals surface area contributed by atoms with Crippen molar-refractivity contribution >= 4 is 29.3 Å². The summed E-state index contributed by atoms with van der Waals surface area (Å²) in [5, 5.41) is 5.44. The Bertz CT molecular complexity index is 702. The van der Waals surface area contributed by atoms with Crippen LogP contribution in [0.15, 0.2) is 59.5 Å². The van der Waals surface area contributed by atoms with Crippen molar-refractivity contribution in [2.45, 2.75) is 37.0 Å². The van der Waals surface area contributed by atoms with E-state index in [2.05, 4.69) is 10.6 Å². The van der Waals surface area contributed by atoms with Gasteiger partial charge in [-0.3, -0.25) is 9.59 Å². The molecule has 0 aromatic heterocycles. The van der Waals surface area contributed by atoms with Gasteiger partial charge in [0, 0.05) is 10.9 Å². The van der Waals surface area contributed by atoms with Crippen LogP contribution in [0.4, 0.5) is 5.69 Å². The van der Waals surface area contributed by atoms with Crippen molar-refractivity contribution in [2.24, 2.45) is 0 Å². The molecular formula is C19H22N2O2S. The maximum atomic E-state index is 12.5. The van der Waals surface area contributed by atoms with E-state index in [1.165, 1.54) is 11.8 Å². The fraction of sp³-hybridized carbons (Fsp3) is 0.263. The molecule has 126 valence electrons. The van der Waals surface area contributed by atoms with Crippen LogP contribution in [0.1, 0.15) is 31.1 Å². The molecule has 2 amide bonds. The zero-order valence-corrected chi connectivity index (χ0v) is 14.9. The lowest BCUT2D eigenvalue weighted by atomic mass is 10.1. The zero-order chi connectivity index (χ0) is 17.5. The van der Waals surface area contributed by atoms with Crippen molar-refractivity contribution in [1.29, 1.82) is 0 Å².